The smallest absolute Gasteiger partial charge is 0.221 e. The van der Waals surface area contributed by atoms with Crippen molar-refractivity contribution in [3.05, 3.63) is 60.0 Å². The first-order valence-corrected chi connectivity index (χ1v) is 10.8. The van der Waals surface area contributed by atoms with Gasteiger partial charge in [-0.2, -0.15) is 0 Å². The van der Waals surface area contributed by atoms with Gasteiger partial charge in [0.05, 0.1) is 24.5 Å². The molecule has 2 aliphatic heterocycles. The maximum Gasteiger partial charge on any atom is 0.221 e. The van der Waals surface area contributed by atoms with Crippen LogP contribution in [0.15, 0.2) is 48.7 Å². The van der Waals surface area contributed by atoms with Crippen molar-refractivity contribution in [2.75, 3.05) is 25.1 Å². The van der Waals surface area contributed by atoms with Crippen molar-refractivity contribution in [3.63, 3.8) is 0 Å². The molecule has 0 spiro atoms. The Morgan fingerprint density at radius 2 is 1.94 bits per heavy atom. The molecule has 3 aromatic rings. The van der Waals surface area contributed by atoms with Crippen molar-refractivity contribution >= 4 is 11.6 Å². The number of carbonyl (C=O) groups is 1. The molecule has 0 saturated carbocycles. The van der Waals surface area contributed by atoms with E-state index in [4.69, 9.17) is 14.2 Å². The van der Waals surface area contributed by atoms with Crippen molar-refractivity contribution < 1.29 is 19.0 Å². The fraction of sp³-hybridized carbons (Fsp3) is 0.333. The van der Waals surface area contributed by atoms with Gasteiger partial charge in [-0.05, 0) is 35.9 Å². The van der Waals surface area contributed by atoms with Crippen LogP contribution < -0.4 is 20.1 Å². The van der Waals surface area contributed by atoms with Crippen LogP contribution in [0.5, 0.6) is 11.5 Å². The van der Waals surface area contributed by atoms with Gasteiger partial charge >= 0.3 is 0 Å². The second kappa shape index (κ2) is 9.02. The predicted octanol–water partition coefficient (Wildman–Crippen LogP) is 2.97. The van der Waals surface area contributed by atoms with Crippen LogP contribution in [0, 0.1) is 0 Å². The number of ether oxygens (including phenoxy) is 3. The van der Waals surface area contributed by atoms with Gasteiger partial charge in [0.2, 0.25) is 5.91 Å². The van der Waals surface area contributed by atoms with Crippen molar-refractivity contribution in [1.29, 1.82) is 0 Å². The largest absolute Gasteiger partial charge is 0.486 e. The summed E-state index contributed by atoms with van der Waals surface area (Å²) in [5.74, 6) is 2.42. The summed E-state index contributed by atoms with van der Waals surface area (Å²) in [6.45, 7) is 5.33. The molecule has 3 heterocycles. The highest BCUT2D eigenvalue weighted by Crippen LogP contribution is 2.35. The normalized spacial score (nSPS) is 17.0. The van der Waals surface area contributed by atoms with Crippen LogP contribution in [0.2, 0.25) is 0 Å². The number of nitrogens with zero attached hydrogens (tertiary/aromatic N) is 2. The number of hydrogen-bond donors (Lipinski definition) is 2. The van der Waals surface area contributed by atoms with Gasteiger partial charge in [-0.3, -0.25) is 4.79 Å². The number of fused-ring (bicyclic) bond motifs is 2. The van der Waals surface area contributed by atoms with E-state index in [2.05, 4.69) is 20.2 Å². The molecular weight excluding hydrogens is 408 g/mol. The number of nitrogens with one attached hydrogen (secondary N) is 2. The average molecular weight is 434 g/mol. The molecule has 166 valence electrons. The SMILES string of the molecule is CC(=O)Nc1ccc(CNCC2Cn3c(-c4ccc5c(c4)OCCO5)cnc3CO2)cc1. The number of rotatable bonds is 6. The molecule has 1 atom stereocenters. The summed E-state index contributed by atoms with van der Waals surface area (Å²) < 4.78 is 19.6. The molecule has 5 rings (SSSR count). The summed E-state index contributed by atoms with van der Waals surface area (Å²) in [5, 5.41) is 6.25. The third kappa shape index (κ3) is 4.46. The Morgan fingerprint density at radius 3 is 2.75 bits per heavy atom. The molecule has 8 heteroatoms. The topological polar surface area (TPSA) is 86.6 Å². The van der Waals surface area contributed by atoms with Crippen LogP contribution in [-0.2, 0) is 29.2 Å². The number of anilines is 1. The third-order valence-corrected chi connectivity index (χ3v) is 5.59. The highest BCUT2D eigenvalue weighted by Gasteiger charge is 2.23. The van der Waals surface area contributed by atoms with E-state index in [1.165, 1.54) is 6.92 Å². The molecule has 0 bridgehead atoms. The third-order valence-electron chi connectivity index (χ3n) is 5.59. The second-order valence-corrected chi connectivity index (χ2v) is 7.97. The molecule has 0 saturated heterocycles. The van der Waals surface area contributed by atoms with E-state index in [9.17, 15) is 4.79 Å². The molecule has 2 aliphatic rings. The fourth-order valence-electron chi connectivity index (χ4n) is 4.02. The lowest BCUT2D eigenvalue weighted by atomic mass is 10.1. The highest BCUT2D eigenvalue weighted by atomic mass is 16.6. The Hall–Kier alpha value is -3.36. The zero-order valence-corrected chi connectivity index (χ0v) is 18.0. The molecule has 32 heavy (non-hydrogen) atoms. The van der Waals surface area contributed by atoms with Crippen LogP contribution in [0.25, 0.3) is 11.3 Å². The van der Waals surface area contributed by atoms with Crippen molar-refractivity contribution in [1.82, 2.24) is 14.9 Å². The van der Waals surface area contributed by atoms with Gasteiger partial charge in [0.15, 0.2) is 11.5 Å². The Balaban J connectivity index is 1.21. The van der Waals surface area contributed by atoms with Crippen LogP contribution >= 0.6 is 0 Å². The molecule has 0 fully saturated rings. The number of carbonyl (C=O) groups excluding carboxylic acids is 1. The van der Waals surface area contributed by atoms with Gasteiger partial charge in [-0.1, -0.05) is 12.1 Å². The lowest BCUT2D eigenvalue weighted by Crippen LogP contribution is -2.36. The molecule has 1 unspecified atom stereocenters. The van der Waals surface area contributed by atoms with E-state index in [0.717, 1.165) is 59.5 Å². The highest BCUT2D eigenvalue weighted by molar-refractivity contribution is 5.88. The van der Waals surface area contributed by atoms with E-state index in [-0.39, 0.29) is 12.0 Å². The minimum atomic E-state index is -0.0696. The van der Waals surface area contributed by atoms with E-state index in [0.29, 0.717) is 19.8 Å². The first-order chi connectivity index (χ1) is 15.7. The van der Waals surface area contributed by atoms with Gasteiger partial charge in [0, 0.05) is 31.3 Å². The Labute approximate surface area is 186 Å². The lowest BCUT2D eigenvalue weighted by Gasteiger charge is -2.26. The Morgan fingerprint density at radius 1 is 1.12 bits per heavy atom. The van der Waals surface area contributed by atoms with E-state index in [1.807, 2.05) is 48.7 Å². The number of amides is 1. The minimum absolute atomic E-state index is 0.0475. The molecule has 2 aromatic carbocycles. The molecule has 0 radical (unpaired) electrons. The zero-order chi connectivity index (χ0) is 21.9. The number of hydrogen-bond acceptors (Lipinski definition) is 6. The molecule has 0 aliphatic carbocycles. The maximum atomic E-state index is 11.1. The minimum Gasteiger partial charge on any atom is -0.486 e. The predicted molar refractivity (Wildman–Crippen MR) is 120 cm³/mol. The Bertz CT molecular complexity index is 1110. The summed E-state index contributed by atoms with van der Waals surface area (Å²) in [6, 6.07) is 13.9. The van der Waals surface area contributed by atoms with Crippen molar-refractivity contribution in [3.8, 4) is 22.8 Å². The summed E-state index contributed by atoms with van der Waals surface area (Å²) in [4.78, 5) is 15.7. The molecular formula is C24H26N4O4. The molecule has 2 N–H and O–H groups in total. The lowest BCUT2D eigenvalue weighted by molar-refractivity contribution is -0.114. The molecule has 1 amide bonds. The van der Waals surface area contributed by atoms with Gasteiger partial charge in [-0.25, -0.2) is 4.98 Å². The van der Waals surface area contributed by atoms with E-state index in [1.54, 1.807) is 0 Å². The quantitative estimate of drug-likeness (QED) is 0.620. The van der Waals surface area contributed by atoms with Crippen LogP contribution in [0.3, 0.4) is 0 Å². The number of aromatic nitrogens is 2. The standard InChI is InChI=1S/C24H26N4O4/c1-16(29)27-19-5-2-17(3-6-19)11-25-12-20-14-28-21(13-26-24(28)15-32-20)18-4-7-22-23(10-18)31-9-8-30-22/h2-7,10,13,20,25H,8-9,11-12,14-15H2,1H3,(H,27,29). The zero-order valence-electron chi connectivity index (χ0n) is 18.0. The number of imidazole rings is 1. The average Bonchev–Trinajstić information content (AvgIpc) is 3.23. The first-order valence-electron chi connectivity index (χ1n) is 10.8. The fourth-order valence-corrected chi connectivity index (χ4v) is 4.02. The van der Waals surface area contributed by atoms with Gasteiger partial charge in [0.1, 0.15) is 25.6 Å². The summed E-state index contributed by atoms with van der Waals surface area (Å²) >= 11 is 0. The summed E-state index contributed by atoms with van der Waals surface area (Å²) in [7, 11) is 0. The van der Waals surface area contributed by atoms with Gasteiger partial charge in [-0.15, -0.1) is 0 Å². The summed E-state index contributed by atoms with van der Waals surface area (Å²) in [6.07, 6.45) is 1.95. The molecule has 8 nitrogen and oxygen atoms in total. The second-order valence-electron chi connectivity index (χ2n) is 7.97. The van der Waals surface area contributed by atoms with Crippen LogP contribution in [-0.4, -0.2) is 41.3 Å². The van der Waals surface area contributed by atoms with E-state index < -0.39 is 0 Å². The van der Waals surface area contributed by atoms with Gasteiger partial charge < -0.3 is 29.4 Å². The van der Waals surface area contributed by atoms with Crippen molar-refractivity contribution in [2.24, 2.45) is 0 Å². The van der Waals surface area contributed by atoms with Gasteiger partial charge in [0.25, 0.3) is 0 Å². The monoisotopic (exact) mass is 434 g/mol. The van der Waals surface area contributed by atoms with Crippen LogP contribution in [0.1, 0.15) is 18.3 Å². The summed E-state index contributed by atoms with van der Waals surface area (Å²) in [5.41, 5.74) is 4.06. The molecule has 1 aromatic heterocycles. The van der Waals surface area contributed by atoms with E-state index >= 15 is 0 Å². The maximum absolute atomic E-state index is 11.1. The number of benzene rings is 2. The Kier molecular flexibility index (Phi) is 5.79. The van der Waals surface area contributed by atoms with Crippen molar-refractivity contribution in [2.45, 2.75) is 32.7 Å². The first kappa shape index (κ1) is 20.5. The van der Waals surface area contributed by atoms with Crippen LogP contribution in [0.4, 0.5) is 5.69 Å².